The minimum atomic E-state index is -3.69. The molecule has 0 saturated carbocycles. The van der Waals surface area contributed by atoms with Crippen molar-refractivity contribution in [3.8, 4) is 0 Å². The number of sulfone groups is 1. The molecule has 1 heterocycles. The molecule has 0 bridgehead atoms. The maximum atomic E-state index is 12.9. The number of anilines is 1. The highest BCUT2D eigenvalue weighted by Gasteiger charge is 2.37. The van der Waals surface area contributed by atoms with Gasteiger partial charge in [-0.25, -0.2) is 16.8 Å². The minimum absolute atomic E-state index is 0.0199. The Morgan fingerprint density at radius 1 is 1.06 bits per heavy atom. The molecule has 2 atom stereocenters. The normalized spacial score (nSPS) is 17.3. The molecule has 2 unspecified atom stereocenters. The van der Waals surface area contributed by atoms with E-state index in [2.05, 4.69) is 28.8 Å². The zero-order valence-electron chi connectivity index (χ0n) is 21.2. The average Bonchev–Trinajstić information content (AvgIpc) is 2.79. The van der Waals surface area contributed by atoms with E-state index in [9.17, 15) is 16.8 Å². The summed E-state index contributed by atoms with van der Waals surface area (Å²) in [6.07, 6.45) is 4.53. The first-order valence-corrected chi connectivity index (χ1v) is 15.8. The fourth-order valence-corrected chi connectivity index (χ4v) is 7.83. The summed E-state index contributed by atoms with van der Waals surface area (Å²) < 4.78 is 54.2. The molecule has 0 aromatic heterocycles. The van der Waals surface area contributed by atoms with Crippen molar-refractivity contribution in [1.82, 2.24) is 10.2 Å². The van der Waals surface area contributed by atoms with Crippen LogP contribution in [-0.4, -0.2) is 59.0 Å². The van der Waals surface area contributed by atoms with Crippen LogP contribution in [0.3, 0.4) is 0 Å². The predicted molar refractivity (Wildman–Crippen MR) is 143 cm³/mol. The summed E-state index contributed by atoms with van der Waals surface area (Å²) in [5.41, 5.74) is 2.45. The van der Waals surface area contributed by atoms with Crippen LogP contribution in [0.15, 0.2) is 53.4 Å². The van der Waals surface area contributed by atoms with E-state index in [1.807, 2.05) is 25.1 Å². The van der Waals surface area contributed by atoms with E-state index < -0.39 is 25.2 Å². The molecule has 0 spiro atoms. The fraction of sp³-hybridized carbons (Fsp3) is 0.538. The van der Waals surface area contributed by atoms with Gasteiger partial charge in [0.2, 0.25) is 0 Å². The summed E-state index contributed by atoms with van der Waals surface area (Å²) in [5.74, 6) is 0.105. The summed E-state index contributed by atoms with van der Waals surface area (Å²) in [6.45, 7) is 8.43. The molecule has 1 aliphatic heterocycles. The van der Waals surface area contributed by atoms with Gasteiger partial charge >= 0.3 is 0 Å². The van der Waals surface area contributed by atoms with Gasteiger partial charge in [-0.15, -0.1) is 0 Å². The Morgan fingerprint density at radius 2 is 1.71 bits per heavy atom. The largest absolute Gasteiger partial charge is 0.317 e. The molecule has 2 aromatic rings. The highest BCUT2D eigenvalue weighted by Crippen LogP contribution is 2.28. The first kappa shape index (κ1) is 27.6. The number of rotatable bonds is 11. The van der Waals surface area contributed by atoms with Gasteiger partial charge in [-0.1, -0.05) is 36.8 Å². The molecule has 1 saturated heterocycles. The minimum Gasteiger partial charge on any atom is -0.317 e. The lowest BCUT2D eigenvalue weighted by atomic mass is 9.95. The summed E-state index contributed by atoms with van der Waals surface area (Å²) >= 11 is 0. The van der Waals surface area contributed by atoms with Gasteiger partial charge in [-0.05, 0) is 94.9 Å². The van der Waals surface area contributed by atoms with Crippen molar-refractivity contribution in [3.63, 3.8) is 0 Å². The van der Waals surface area contributed by atoms with E-state index in [-0.39, 0.29) is 16.9 Å². The second-order valence-corrected chi connectivity index (χ2v) is 13.5. The third-order valence-electron chi connectivity index (χ3n) is 6.64. The van der Waals surface area contributed by atoms with Crippen LogP contribution in [-0.2, 0) is 26.3 Å². The lowest BCUT2D eigenvalue weighted by molar-refractivity contribution is 0.131. The summed E-state index contributed by atoms with van der Waals surface area (Å²) in [4.78, 5) is 2.36. The van der Waals surface area contributed by atoms with Crippen molar-refractivity contribution in [1.29, 1.82) is 0 Å². The molecular weight excluding hydrogens is 482 g/mol. The van der Waals surface area contributed by atoms with E-state index in [0.29, 0.717) is 18.7 Å². The van der Waals surface area contributed by atoms with Gasteiger partial charge in [-0.2, -0.15) is 0 Å². The predicted octanol–water partition coefficient (Wildman–Crippen LogP) is 3.81. The van der Waals surface area contributed by atoms with Crippen LogP contribution in [0.2, 0.25) is 0 Å². The Morgan fingerprint density at radius 3 is 2.31 bits per heavy atom. The Labute approximate surface area is 211 Å². The van der Waals surface area contributed by atoms with Gasteiger partial charge < -0.3 is 5.32 Å². The van der Waals surface area contributed by atoms with Crippen LogP contribution < -0.4 is 10.0 Å². The van der Waals surface area contributed by atoms with Crippen LogP contribution in [0.5, 0.6) is 0 Å². The Balaban J connectivity index is 1.80. The lowest BCUT2D eigenvalue weighted by Gasteiger charge is -2.41. The molecule has 0 aliphatic carbocycles. The zero-order chi connectivity index (χ0) is 25.6. The lowest BCUT2D eigenvalue weighted by Crippen LogP contribution is -2.52. The maximum Gasteiger partial charge on any atom is 0.261 e. The highest BCUT2D eigenvalue weighted by molar-refractivity contribution is 7.92. The highest BCUT2D eigenvalue weighted by atomic mass is 32.2. The number of nitrogens with one attached hydrogen (secondary N) is 2. The number of hydrogen-bond acceptors (Lipinski definition) is 6. The first-order chi connectivity index (χ1) is 16.5. The first-order valence-electron chi connectivity index (χ1n) is 12.3. The van der Waals surface area contributed by atoms with Gasteiger partial charge in [0.1, 0.15) is 5.37 Å². The van der Waals surface area contributed by atoms with Crippen molar-refractivity contribution in [3.05, 3.63) is 59.7 Å². The monoisotopic (exact) mass is 521 g/mol. The van der Waals surface area contributed by atoms with Gasteiger partial charge in [0.25, 0.3) is 10.0 Å². The molecule has 0 amide bonds. The second kappa shape index (κ2) is 11.9. The molecule has 1 aliphatic rings. The Hall–Kier alpha value is -1.94. The summed E-state index contributed by atoms with van der Waals surface area (Å²) in [7, 11) is -6.98. The van der Waals surface area contributed by atoms with Gasteiger partial charge in [0, 0.05) is 18.0 Å². The Bertz CT molecular complexity index is 1180. The number of benzene rings is 2. The molecule has 2 N–H and O–H groups in total. The van der Waals surface area contributed by atoms with Gasteiger partial charge in [0.15, 0.2) is 9.84 Å². The third-order valence-corrected chi connectivity index (χ3v) is 9.57. The molecule has 2 aromatic carbocycles. The average molecular weight is 522 g/mol. The van der Waals surface area contributed by atoms with E-state index >= 15 is 0 Å². The molecule has 0 radical (unpaired) electrons. The van der Waals surface area contributed by atoms with Crippen LogP contribution in [0, 0.1) is 12.8 Å². The van der Waals surface area contributed by atoms with Crippen LogP contribution in [0.1, 0.15) is 44.2 Å². The molecule has 35 heavy (non-hydrogen) atoms. The molecule has 3 rings (SSSR count). The maximum absolute atomic E-state index is 12.9. The Kier molecular flexibility index (Phi) is 9.37. The van der Waals surface area contributed by atoms with E-state index in [0.717, 1.165) is 43.5 Å². The second-order valence-electron chi connectivity index (χ2n) is 9.72. The molecule has 1 fully saturated rings. The number of sulfonamides is 1. The van der Waals surface area contributed by atoms with E-state index in [1.165, 1.54) is 6.26 Å². The zero-order valence-corrected chi connectivity index (χ0v) is 22.8. The fourth-order valence-electron chi connectivity index (χ4n) is 5.00. The topological polar surface area (TPSA) is 95.6 Å². The van der Waals surface area contributed by atoms with Crippen molar-refractivity contribution in [2.24, 2.45) is 5.92 Å². The van der Waals surface area contributed by atoms with Gasteiger partial charge in [0.05, 0.1) is 4.90 Å². The van der Waals surface area contributed by atoms with Crippen LogP contribution >= 0.6 is 0 Å². The van der Waals surface area contributed by atoms with Crippen LogP contribution in [0.4, 0.5) is 5.69 Å². The SMILES string of the molecule is CCCN(C(C)Cc1cccc(NS(=O)(=O)c2ccc(C)cc2)c1)C(C1CCNCC1)S(C)(=O)=O. The standard InChI is InChI=1S/C26H39N3O4S2/c1-5-17-29(26(34(4,30)31)23-13-15-27-16-14-23)21(3)18-22-7-6-8-24(19-22)28-35(32,33)25-11-9-20(2)10-12-25/h6-12,19,21,23,26-28H,5,13-18H2,1-4H3. The number of nitrogens with zero attached hydrogens (tertiary/aromatic N) is 1. The summed E-state index contributed by atoms with van der Waals surface area (Å²) in [5, 5.41) is 2.82. The quantitative estimate of drug-likeness (QED) is 0.467. The van der Waals surface area contributed by atoms with E-state index in [1.54, 1.807) is 30.3 Å². The van der Waals surface area contributed by atoms with Crippen molar-refractivity contribution in [2.75, 3.05) is 30.6 Å². The van der Waals surface area contributed by atoms with Gasteiger partial charge in [-0.3, -0.25) is 9.62 Å². The number of aryl methyl sites for hydroxylation is 1. The third kappa shape index (κ3) is 7.52. The number of piperidine rings is 1. The molecule has 9 heteroatoms. The van der Waals surface area contributed by atoms with Crippen molar-refractivity contribution >= 4 is 25.5 Å². The van der Waals surface area contributed by atoms with Crippen molar-refractivity contribution < 1.29 is 16.8 Å². The molecule has 194 valence electrons. The molecular formula is C26H39N3O4S2. The van der Waals surface area contributed by atoms with Crippen molar-refractivity contribution in [2.45, 2.75) is 62.8 Å². The smallest absolute Gasteiger partial charge is 0.261 e. The van der Waals surface area contributed by atoms with Crippen LogP contribution in [0.25, 0.3) is 0 Å². The summed E-state index contributed by atoms with van der Waals surface area (Å²) in [6, 6.07) is 14.1. The molecule has 7 nitrogen and oxygen atoms in total. The van der Waals surface area contributed by atoms with E-state index in [4.69, 9.17) is 0 Å². The number of hydrogen-bond donors (Lipinski definition) is 2.